The van der Waals surface area contributed by atoms with E-state index in [-0.39, 0.29) is 0 Å². The van der Waals surface area contributed by atoms with Crippen molar-refractivity contribution < 1.29 is 0 Å². The first kappa shape index (κ1) is 17.0. The van der Waals surface area contributed by atoms with Gasteiger partial charge in [-0.2, -0.15) is 0 Å². The van der Waals surface area contributed by atoms with Gasteiger partial charge in [-0.1, -0.05) is 46.4 Å². The topological polar surface area (TPSA) is 52.0 Å². The summed E-state index contributed by atoms with van der Waals surface area (Å²) in [5, 5.41) is 2.10. The molecule has 0 aliphatic carbocycles. The van der Waals surface area contributed by atoms with Crippen molar-refractivity contribution >= 4 is 80.4 Å². The van der Waals surface area contributed by atoms with Crippen molar-refractivity contribution in [2.45, 2.75) is 0 Å². The van der Waals surface area contributed by atoms with E-state index in [1.54, 1.807) is 30.3 Å². The van der Waals surface area contributed by atoms with Gasteiger partial charge in [-0.05, 0) is 52.9 Å². The van der Waals surface area contributed by atoms with Crippen LogP contribution in [0.15, 0.2) is 30.3 Å². The summed E-state index contributed by atoms with van der Waals surface area (Å²) in [4.78, 5) is 0. The van der Waals surface area contributed by atoms with E-state index in [0.29, 0.717) is 31.5 Å². The number of hydrogen-bond acceptors (Lipinski definition) is 2. The lowest BCUT2D eigenvalue weighted by atomic mass is 10.3. The maximum absolute atomic E-state index is 5.76. The highest BCUT2D eigenvalue weighted by atomic mass is 127. The van der Waals surface area contributed by atoms with Crippen LogP contribution in [-0.2, 0) is 0 Å². The lowest BCUT2D eigenvalue weighted by Crippen LogP contribution is -1.89. The van der Waals surface area contributed by atoms with Gasteiger partial charge in [0.1, 0.15) is 0 Å². The molecule has 0 bridgehead atoms. The molecule has 102 valence electrons. The molecule has 2 aromatic rings. The summed E-state index contributed by atoms with van der Waals surface area (Å²) < 4.78 is 0.812. The van der Waals surface area contributed by atoms with E-state index in [1.165, 1.54) is 0 Å². The molecule has 19 heavy (non-hydrogen) atoms. The summed E-state index contributed by atoms with van der Waals surface area (Å²) in [5.74, 6) is 0. The second-order valence-corrected chi connectivity index (χ2v) is 6.12. The Balaban J connectivity index is 0.000000191. The van der Waals surface area contributed by atoms with E-state index >= 15 is 0 Å². The third-order valence-electron chi connectivity index (χ3n) is 2.01. The maximum Gasteiger partial charge on any atom is 0.0746 e. The van der Waals surface area contributed by atoms with Crippen LogP contribution in [0.25, 0.3) is 0 Å². The van der Waals surface area contributed by atoms with Crippen LogP contribution >= 0.6 is 69.0 Å². The molecule has 0 radical (unpaired) electrons. The molecule has 0 aliphatic heterocycles. The van der Waals surface area contributed by atoms with Crippen LogP contribution in [-0.4, -0.2) is 0 Å². The quantitative estimate of drug-likeness (QED) is 0.305. The number of benzene rings is 2. The lowest BCUT2D eigenvalue weighted by Gasteiger charge is -2.00. The smallest absolute Gasteiger partial charge is 0.0746 e. The molecule has 0 atom stereocenters. The van der Waals surface area contributed by atoms with Crippen LogP contribution in [0.4, 0.5) is 11.4 Å². The Morgan fingerprint density at radius 1 is 0.789 bits per heavy atom. The van der Waals surface area contributed by atoms with Crippen LogP contribution in [0.1, 0.15) is 0 Å². The van der Waals surface area contributed by atoms with E-state index in [1.807, 2.05) is 0 Å². The van der Waals surface area contributed by atoms with Crippen LogP contribution in [0, 0.1) is 3.57 Å². The number of hydrogen-bond donors (Lipinski definition) is 2. The summed E-state index contributed by atoms with van der Waals surface area (Å²) in [5.41, 5.74) is 12.2. The molecule has 0 heterocycles. The van der Waals surface area contributed by atoms with Gasteiger partial charge in [0.15, 0.2) is 0 Å². The highest BCUT2D eigenvalue weighted by Gasteiger charge is 2.03. The molecule has 0 fully saturated rings. The Hall–Kier alpha value is -0.0700. The van der Waals surface area contributed by atoms with Crippen molar-refractivity contribution in [1.82, 2.24) is 0 Å². The fourth-order valence-electron chi connectivity index (χ4n) is 1.05. The molecule has 0 spiro atoms. The first-order valence-electron chi connectivity index (χ1n) is 4.92. The van der Waals surface area contributed by atoms with Gasteiger partial charge < -0.3 is 11.5 Å². The molecule has 0 saturated heterocycles. The van der Waals surface area contributed by atoms with E-state index in [0.717, 1.165) is 3.57 Å². The molecule has 7 heteroatoms. The lowest BCUT2D eigenvalue weighted by molar-refractivity contribution is 1.62. The second kappa shape index (κ2) is 7.64. The minimum Gasteiger partial charge on any atom is -0.399 e. The fraction of sp³-hybridized carbons (Fsp3) is 0. The zero-order valence-electron chi connectivity index (χ0n) is 9.43. The zero-order chi connectivity index (χ0) is 14.6. The highest BCUT2D eigenvalue weighted by molar-refractivity contribution is 14.1. The summed E-state index contributed by atoms with van der Waals surface area (Å²) >= 11 is 24.7. The Morgan fingerprint density at radius 3 is 1.84 bits per heavy atom. The third-order valence-corrected chi connectivity index (χ3v) is 5.03. The van der Waals surface area contributed by atoms with Crippen molar-refractivity contribution in [3.05, 3.63) is 54.0 Å². The summed E-state index contributed by atoms with van der Waals surface area (Å²) in [6, 6.07) is 8.40. The Kier molecular flexibility index (Phi) is 6.83. The predicted octanol–water partition coefficient (Wildman–Crippen LogP) is 5.76. The maximum atomic E-state index is 5.76. The van der Waals surface area contributed by atoms with Crippen molar-refractivity contribution in [2.24, 2.45) is 0 Å². The van der Waals surface area contributed by atoms with E-state index < -0.39 is 0 Å². The van der Waals surface area contributed by atoms with Crippen LogP contribution in [0.5, 0.6) is 0 Å². The number of nitrogen functional groups attached to an aromatic ring is 2. The molecule has 2 rings (SSSR count). The van der Waals surface area contributed by atoms with Crippen LogP contribution < -0.4 is 11.5 Å². The molecule has 0 saturated carbocycles. The van der Waals surface area contributed by atoms with Gasteiger partial charge in [-0.25, -0.2) is 0 Å². The molecular weight excluding hydrogens is 441 g/mol. The monoisotopic (exact) mass is 448 g/mol. The molecule has 2 nitrogen and oxygen atoms in total. The third kappa shape index (κ3) is 5.08. The minimum atomic E-state index is 0.497. The average Bonchev–Trinajstić information content (AvgIpc) is 2.37. The van der Waals surface area contributed by atoms with Gasteiger partial charge in [-0.3, -0.25) is 0 Å². The van der Waals surface area contributed by atoms with Crippen molar-refractivity contribution in [2.75, 3.05) is 11.5 Å². The van der Waals surface area contributed by atoms with Gasteiger partial charge in [0.05, 0.1) is 23.7 Å². The molecule has 2 aromatic carbocycles. The Labute approximate surface area is 145 Å². The standard InChI is InChI=1S/C6H4Cl2IN.C6H5Cl2N/c7-3-1-2-4(10)6(9)5(3)8;7-5-2-1-4(9)3-6(5)8/h1-2H,10H2;1-3H,9H2. The fourth-order valence-corrected chi connectivity index (χ4v) is 2.32. The average molecular weight is 450 g/mol. The van der Waals surface area contributed by atoms with Gasteiger partial charge in [0.25, 0.3) is 0 Å². The molecule has 0 aromatic heterocycles. The summed E-state index contributed by atoms with van der Waals surface area (Å²) in [6.07, 6.45) is 0. The van der Waals surface area contributed by atoms with E-state index in [2.05, 4.69) is 22.6 Å². The highest BCUT2D eigenvalue weighted by Crippen LogP contribution is 2.30. The largest absolute Gasteiger partial charge is 0.399 e. The summed E-state index contributed by atoms with van der Waals surface area (Å²) in [7, 11) is 0. The molecule has 4 N–H and O–H groups in total. The van der Waals surface area contributed by atoms with Crippen molar-refractivity contribution in [3.63, 3.8) is 0 Å². The zero-order valence-corrected chi connectivity index (χ0v) is 14.6. The SMILES string of the molecule is Nc1ccc(Cl)c(Cl)c1.Nc1ccc(Cl)c(Cl)c1I. The molecule has 0 amide bonds. The van der Waals surface area contributed by atoms with E-state index in [9.17, 15) is 0 Å². The van der Waals surface area contributed by atoms with Gasteiger partial charge >= 0.3 is 0 Å². The van der Waals surface area contributed by atoms with Crippen molar-refractivity contribution in [3.8, 4) is 0 Å². The van der Waals surface area contributed by atoms with Gasteiger partial charge in [0, 0.05) is 11.4 Å². The number of halogens is 5. The van der Waals surface area contributed by atoms with Gasteiger partial charge in [-0.15, -0.1) is 0 Å². The van der Waals surface area contributed by atoms with E-state index in [4.69, 9.17) is 57.9 Å². The molecule has 0 unspecified atom stereocenters. The first-order chi connectivity index (χ1) is 8.82. The first-order valence-corrected chi connectivity index (χ1v) is 7.51. The van der Waals surface area contributed by atoms with Crippen molar-refractivity contribution in [1.29, 1.82) is 0 Å². The summed E-state index contributed by atoms with van der Waals surface area (Å²) in [6.45, 7) is 0. The Bertz CT molecular complexity index is 563. The van der Waals surface area contributed by atoms with Crippen LogP contribution in [0.2, 0.25) is 20.1 Å². The Morgan fingerprint density at radius 2 is 1.37 bits per heavy atom. The normalized spacial score (nSPS) is 9.74. The predicted molar refractivity (Wildman–Crippen MR) is 94.5 cm³/mol. The minimum absolute atomic E-state index is 0.497. The second-order valence-electron chi connectivity index (χ2n) is 3.44. The molecular formula is C12H9Cl4IN2. The molecule has 0 aliphatic rings. The number of rotatable bonds is 0. The van der Waals surface area contributed by atoms with Crippen LogP contribution in [0.3, 0.4) is 0 Å². The van der Waals surface area contributed by atoms with Gasteiger partial charge in [0.2, 0.25) is 0 Å². The number of anilines is 2. The number of nitrogens with two attached hydrogens (primary N) is 2.